The van der Waals surface area contributed by atoms with Gasteiger partial charge in [-0.05, 0) is 12.1 Å². The molecule has 2 heterocycles. The monoisotopic (exact) mass is 178 g/mol. The van der Waals surface area contributed by atoms with Crippen LogP contribution in [-0.2, 0) is 7.05 Å². The molecule has 5 heteroatoms. The lowest BCUT2D eigenvalue weighted by Gasteiger charge is -1.92. The van der Waals surface area contributed by atoms with Crippen LogP contribution < -0.4 is 5.32 Å². The molecule has 68 valence electrons. The van der Waals surface area contributed by atoms with Crippen LogP contribution in [0.1, 0.15) is 0 Å². The minimum absolute atomic E-state index is 0.592. The van der Waals surface area contributed by atoms with Crippen molar-refractivity contribution in [3.63, 3.8) is 0 Å². The predicted octanol–water partition coefficient (Wildman–Crippen LogP) is 1.12. The van der Waals surface area contributed by atoms with E-state index in [1.54, 1.807) is 18.0 Å². The Morgan fingerprint density at radius 1 is 1.54 bits per heavy atom. The van der Waals surface area contributed by atoms with Crippen LogP contribution in [0.4, 0.5) is 5.95 Å². The molecule has 0 aliphatic carbocycles. The molecule has 1 N–H and O–H groups in total. The minimum atomic E-state index is 0.592. The summed E-state index contributed by atoms with van der Waals surface area (Å²) in [5, 5.41) is 6.98. The summed E-state index contributed by atoms with van der Waals surface area (Å²) in [4.78, 5) is 4.22. The van der Waals surface area contributed by atoms with Gasteiger partial charge in [0, 0.05) is 14.1 Å². The second-order valence-corrected chi connectivity index (χ2v) is 2.61. The topological polar surface area (TPSA) is 55.9 Å². The van der Waals surface area contributed by atoms with E-state index < -0.39 is 0 Å². The molecule has 0 saturated heterocycles. The summed E-state index contributed by atoms with van der Waals surface area (Å²) in [5.41, 5.74) is 0. The molecular weight excluding hydrogens is 168 g/mol. The lowest BCUT2D eigenvalue weighted by Crippen LogP contribution is -1.94. The van der Waals surface area contributed by atoms with Crippen molar-refractivity contribution in [3.8, 4) is 11.6 Å². The largest absolute Gasteiger partial charge is 0.461 e. The summed E-state index contributed by atoms with van der Waals surface area (Å²) in [5.74, 6) is 2.03. The third kappa shape index (κ3) is 1.28. The van der Waals surface area contributed by atoms with Gasteiger partial charge in [-0.2, -0.15) is 4.98 Å². The molecule has 0 aliphatic heterocycles. The second kappa shape index (κ2) is 2.93. The fourth-order valence-corrected chi connectivity index (χ4v) is 1.11. The number of hydrogen-bond acceptors (Lipinski definition) is 4. The lowest BCUT2D eigenvalue weighted by atomic mass is 10.4. The van der Waals surface area contributed by atoms with Crippen LogP contribution in [0.5, 0.6) is 0 Å². The Morgan fingerprint density at radius 3 is 2.92 bits per heavy atom. The maximum Gasteiger partial charge on any atom is 0.242 e. The third-order valence-corrected chi connectivity index (χ3v) is 1.73. The summed E-state index contributed by atoms with van der Waals surface area (Å²) in [6.07, 6.45) is 1.61. The number of nitrogens with one attached hydrogen (secondary N) is 1. The third-order valence-electron chi connectivity index (χ3n) is 1.73. The zero-order valence-electron chi connectivity index (χ0n) is 7.48. The molecule has 5 nitrogen and oxygen atoms in total. The van der Waals surface area contributed by atoms with Crippen LogP contribution in [-0.4, -0.2) is 21.8 Å². The summed E-state index contributed by atoms with van der Waals surface area (Å²) in [6.45, 7) is 0. The normalized spacial score (nSPS) is 10.3. The number of anilines is 1. The van der Waals surface area contributed by atoms with Gasteiger partial charge < -0.3 is 9.73 Å². The summed E-state index contributed by atoms with van der Waals surface area (Å²) >= 11 is 0. The van der Waals surface area contributed by atoms with Gasteiger partial charge in [0.25, 0.3) is 0 Å². The molecule has 0 atom stereocenters. The first-order valence-electron chi connectivity index (χ1n) is 3.94. The van der Waals surface area contributed by atoms with Gasteiger partial charge in [0.2, 0.25) is 5.95 Å². The van der Waals surface area contributed by atoms with Crippen LogP contribution in [0.25, 0.3) is 11.6 Å². The number of rotatable bonds is 2. The summed E-state index contributed by atoms with van der Waals surface area (Å²) < 4.78 is 6.88. The van der Waals surface area contributed by atoms with Crippen LogP contribution in [0.15, 0.2) is 22.8 Å². The van der Waals surface area contributed by atoms with E-state index in [0.29, 0.717) is 11.8 Å². The van der Waals surface area contributed by atoms with E-state index in [1.165, 1.54) is 0 Å². The molecule has 0 fully saturated rings. The fraction of sp³-hybridized carbons (Fsp3) is 0.250. The highest BCUT2D eigenvalue weighted by molar-refractivity contribution is 5.49. The van der Waals surface area contributed by atoms with Crippen LogP contribution in [0.3, 0.4) is 0 Å². The van der Waals surface area contributed by atoms with Crippen molar-refractivity contribution < 1.29 is 4.42 Å². The van der Waals surface area contributed by atoms with Crippen molar-refractivity contribution in [3.05, 3.63) is 18.4 Å². The van der Waals surface area contributed by atoms with E-state index in [0.717, 1.165) is 5.76 Å². The summed E-state index contributed by atoms with van der Waals surface area (Å²) in [7, 11) is 3.60. The standard InChI is InChI=1S/C8H10N4O/c1-9-8-10-7(12(2)11-8)6-4-3-5-13-6/h3-5H,1-2H3,(H,9,11). The van der Waals surface area contributed by atoms with Crippen molar-refractivity contribution in [1.82, 2.24) is 14.8 Å². The molecule has 13 heavy (non-hydrogen) atoms. The van der Waals surface area contributed by atoms with Crippen LogP contribution in [0.2, 0.25) is 0 Å². The predicted molar refractivity (Wildman–Crippen MR) is 48.3 cm³/mol. The quantitative estimate of drug-likeness (QED) is 0.748. The van der Waals surface area contributed by atoms with Gasteiger partial charge in [0.1, 0.15) is 0 Å². The first kappa shape index (κ1) is 7.85. The maximum absolute atomic E-state index is 5.21. The molecule has 0 spiro atoms. The number of nitrogens with zero attached hydrogens (tertiary/aromatic N) is 3. The van der Waals surface area contributed by atoms with Crippen molar-refractivity contribution in [2.24, 2.45) is 7.05 Å². The van der Waals surface area contributed by atoms with E-state index in [4.69, 9.17) is 4.42 Å². The molecule has 0 saturated carbocycles. The second-order valence-electron chi connectivity index (χ2n) is 2.61. The molecule has 0 bridgehead atoms. The number of furan rings is 1. The Hall–Kier alpha value is -1.78. The number of aryl methyl sites for hydroxylation is 1. The highest BCUT2D eigenvalue weighted by Gasteiger charge is 2.09. The molecule has 2 aromatic heterocycles. The maximum atomic E-state index is 5.21. The van der Waals surface area contributed by atoms with E-state index in [9.17, 15) is 0 Å². The molecular formula is C8H10N4O. The van der Waals surface area contributed by atoms with Gasteiger partial charge in [0.05, 0.1) is 6.26 Å². The van der Waals surface area contributed by atoms with E-state index in [1.807, 2.05) is 19.2 Å². The van der Waals surface area contributed by atoms with Gasteiger partial charge >= 0.3 is 0 Å². The Morgan fingerprint density at radius 2 is 2.38 bits per heavy atom. The lowest BCUT2D eigenvalue weighted by molar-refractivity contribution is 0.570. The summed E-state index contributed by atoms with van der Waals surface area (Å²) in [6, 6.07) is 3.67. The van der Waals surface area contributed by atoms with Gasteiger partial charge in [-0.3, -0.25) is 0 Å². The van der Waals surface area contributed by atoms with Crippen molar-refractivity contribution in [1.29, 1.82) is 0 Å². The zero-order valence-corrected chi connectivity index (χ0v) is 7.48. The number of aromatic nitrogens is 3. The molecule has 2 aromatic rings. The molecule has 2 rings (SSSR count). The highest BCUT2D eigenvalue weighted by atomic mass is 16.3. The Bertz CT molecular complexity index is 390. The smallest absolute Gasteiger partial charge is 0.242 e. The Kier molecular flexibility index (Phi) is 1.77. The van der Waals surface area contributed by atoms with Gasteiger partial charge in [0.15, 0.2) is 11.6 Å². The van der Waals surface area contributed by atoms with E-state index in [2.05, 4.69) is 15.4 Å². The fourth-order valence-electron chi connectivity index (χ4n) is 1.11. The molecule has 0 amide bonds. The van der Waals surface area contributed by atoms with Crippen LogP contribution >= 0.6 is 0 Å². The van der Waals surface area contributed by atoms with Crippen LogP contribution in [0, 0.1) is 0 Å². The molecule has 0 radical (unpaired) electrons. The van der Waals surface area contributed by atoms with Gasteiger partial charge in [-0.25, -0.2) is 4.68 Å². The minimum Gasteiger partial charge on any atom is -0.461 e. The zero-order chi connectivity index (χ0) is 9.26. The Labute approximate surface area is 75.4 Å². The first-order valence-corrected chi connectivity index (χ1v) is 3.94. The molecule has 0 aromatic carbocycles. The van der Waals surface area contributed by atoms with Crippen molar-refractivity contribution in [2.75, 3.05) is 12.4 Å². The van der Waals surface area contributed by atoms with Crippen molar-refractivity contribution in [2.45, 2.75) is 0 Å². The van der Waals surface area contributed by atoms with Crippen molar-refractivity contribution >= 4 is 5.95 Å². The SMILES string of the molecule is CNc1nc(-c2ccco2)n(C)n1. The molecule has 0 aliphatic rings. The van der Waals surface area contributed by atoms with E-state index in [-0.39, 0.29) is 0 Å². The number of hydrogen-bond donors (Lipinski definition) is 1. The average molecular weight is 178 g/mol. The Balaban J connectivity index is 2.46. The first-order chi connectivity index (χ1) is 6.31. The average Bonchev–Trinajstić information content (AvgIpc) is 2.72. The molecule has 0 unspecified atom stereocenters. The van der Waals surface area contributed by atoms with E-state index >= 15 is 0 Å². The van der Waals surface area contributed by atoms with Gasteiger partial charge in [-0.1, -0.05) is 0 Å². The van der Waals surface area contributed by atoms with Gasteiger partial charge in [-0.15, -0.1) is 5.10 Å². The highest BCUT2D eigenvalue weighted by Crippen LogP contribution is 2.17.